The molecule has 2 aromatic rings. The first kappa shape index (κ1) is 26.5. The second-order valence-corrected chi connectivity index (χ2v) is 10.2. The minimum Gasteiger partial charge on any atom is -0.422 e. The number of aliphatic imine (C=N–C) groups is 1. The molecule has 0 radical (unpaired) electrons. The van der Waals surface area contributed by atoms with Crippen LogP contribution in [-0.4, -0.2) is 72.5 Å². The Hall–Kier alpha value is -2.61. The summed E-state index contributed by atoms with van der Waals surface area (Å²) in [6.45, 7) is 14.4. The molecule has 0 spiro atoms. The Kier molecular flexibility index (Phi) is 8.88. The van der Waals surface area contributed by atoms with Crippen LogP contribution in [0.4, 0.5) is 5.69 Å². The highest BCUT2D eigenvalue weighted by Gasteiger charge is 2.33. The fourth-order valence-electron chi connectivity index (χ4n) is 5.53. The van der Waals surface area contributed by atoms with E-state index in [-0.39, 0.29) is 5.88 Å². The summed E-state index contributed by atoms with van der Waals surface area (Å²) >= 11 is 6.04. The van der Waals surface area contributed by atoms with E-state index in [9.17, 15) is 0 Å². The monoisotopic (exact) mass is 510 g/mol. The number of hydrogen-bond donors (Lipinski definition) is 1. The van der Waals surface area contributed by atoms with Gasteiger partial charge in [-0.2, -0.15) is 0 Å². The van der Waals surface area contributed by atoms with Gasteiger partial charge in [0.2, 0.25) is 5.90 Å². The molecule has 1 aromatic carbocycles. The molecule has 8 heteroatoms. The lowest BCUT2D eigenvalue weighted by Crippen LogP contribution is -2.58. The molecule has 0 bridgehead atoms. The van der Waals surface area contributed by atoms with E-state index < -0.39 is 0 Å². The van der Waals surface area contributed by atoms with Gasteiger partial charge in [0.15, 0.2) is 5.88 Å². The second kappa shape index (κ2) is 12.1. The maximum Gasteiger partial charge on any atom is 0.242 e. The van der Waals surface area contributed by atoms with E-state index in [1.165, 1.54) is 24.1 Å². The van der Waals surface area contributed by atoms with E-state index in [0.717, 1.165) is 56.4 Å². The molecule has 0 amide bonds. The molecule has 0 unspecified atom stereocenters. The van der Waals surface area contributed by atoms with Gasteiger partial charge >= 0.3 is 0 Å². The number of nitrogens with two attached hydrogens (primary N) is 1. The second-order valence-electron chi connectivity index (χ2n) is 9.78. The van der Waals surface area contributed by atoms with Gasteiger partial charge in [-0.25, -0.2) is 4.98 Å². The molecule has 2 aliphatic rings. The van der Waals surface area contributed by atoms with Crippen molar-refractivity contribution < 1.29 is 4.74 Å². The summed E-state index contributed by atoms with van der Waals surface area (Å²) in [5.41, 5.74) is 9.75. The zero-order chi connectivity index (χ0) is 25.7. The van der Waals surface area contributed by atoms with Crippen molar-refractivity contribution in [2.75, 3.05) is 44.7 Å². The van der Waals surface area contributed by atoms with Crippen LogP contribution in [0, 0.1) is 6.92 Å². The number of piperidine rings is 1. The standard InChI is InChI=1S/C28H39ClN6O/c1-5-24-19-34(27-11-10-26(32-20(27)2)28(31-4)36-21(3)30)16-17-35(24)25-12-14-33(15-13-25)18-22-6-8-23(29)9-7-22/h6-11,24-25H,3,5,12-19,30H2,1-2,4H3/t24-/m0/s1. The lowest BCUT2D eigenvalue weighted by Gasteiger charge is -2.48. The van der Waals surface area contributed by atoms with Crippen LogP contribution in [0.1, 0.15) is 43.1 Å². The number of halogens is 1. The summed E-state index contributed by atoms with van der Waals surface area (Å²) in [4.78, 5) is 16.8. The number of aromatic nitrogens is 1. The smallest absolute Gasteiger partial charge is 0.242 e. The lowest BCUT2D eigenvalue weighted by molar-refractivity contribution is 0.0612. The number of likely N-dealkylation sites (tertiary alicyclic amines) is 1. The number of hydrogen-bond acceptors (Lipinski definition) is 7. The Morgan fingerprint density at radius 1 is 1.14 bits per heavy atom. The van der Waals surface area contributed by atoms with Crippen LogP contribution in [0.5, 0.6) is 0 Å². The molecule has 2 fully saturated rings. The average molecular weight is 511 g/mol. The Morgan fingerprint density at radius 3 is 2.47 bits per heavy atom. The van der Waals surface area contributed by atoms with E-state index in [1.807, 2.05) is 25.1 Å². The Bertz CT molecular complexity index is 1060. The maximum atomic E-state index is 6.04. The van der Waals surface area contributed by atoms with Gasteiger partial charge < -0.3 is 15.4 Å². The first-order valence-electron chi connectivity index (χ1n) is 12.9. The summed E-state index contributed by atoms with van der Waals surface area (Å²) in [7, 11) is 1.66. The molecule has 2 aliphatic heterocycles. The quantitative estimate of drug-likeness (QED) is 0.337. The third-order valence-electron chi connectivity index (χ3n) is 7.39. The molecule has 1 aromatic heterocycles. The molecule has 1 atom stereocenters. The summed E-state index contributed by atoms with van der Waals surface area (Å²) in [5, 5.41) is 0.801. The van der Waals surface area contributed by atoms with Crippen LogP contribution in [0.3, 0.4) is 0 Å². The third-order valence-corrected chi connectivity index (χ3v) is 7.65. The van der Waals surface area contributed by atoms with E-state index in [2.05, 4.69) is 51.4 Å². The van der Waals surface area contributed by atoms with Gasteiger partial charge in [0.25, 0.3) is 0 Å². The minimum atomic E-state index is 0.108. The van der Waals surface area contributed by atoms with Crippen molar-refractivity contribution in [3.63, 3.8) is 0 Å². The molecule has 2 saturated heterocycles. The minimum absolute atomic E-state index is 0.108. The van der Waals surface area contributed by atoms with Gasteiger partial charge in [-0.3, -0.25) is 14.8 Å². The zero-order valence-corrected chi connectivity index (χ0v) is 22.5. The number of benzene rings is 1. The van der Waals surface area contributed by atoms with Crippen molar-refractivity contribution in [1.82, 2.24) is 14.8 Å². The van der Waals surface area contributed by atoms with E-state index in [0.29, 0.717) is 23.7 Å². The SMILES string of the molecule is C=C(N)OC(=NC)c1ccc(N2CCN(C3CCN(Cc4ccc(Cl)cc4)CC3)[C@@H](CC)C2)c(C)n1. The van der Waals surface area contributed by atoms with Gasteiger partial charge in [0.1, 0.15) is 5.69 Å². The van der Waals surface area contributed by atoms with Crippen LogP contribution in [-0.2, 0) is 11.3 Å². The van der Waals surface area contributed by atoms with Crippen LogP contribution >= 0.6 is 11.6 Å². The van der Waals surface area contributed by atoms with Crippen molar-refractivity contribution in [3.8, 4) is 0 Å². The van der Waals surface area contributed by atoms with Gasteiger partial charge in [-0.15, -0.1) is 0 Å². The Morgan fingerprint density at radius 2 is 1.86 bits per heavy atom. The molecule has 7 nitrogen and oxygen atoms in total. The molecular formula is C28H39ClN6O. The number of anilines is 1. The summed E-state index contributed by atoms with van der Waals surface area (Å²) < 4.78 is 5.43. The largest absolute Gasteiger partial charge is 0.422 e. The maximum absolute atomic E-state index is 6.04. The fourth-order valence-corrected chi connectivity index (χ4v) is 5.66. The highest BCUT2D eigenvalue weighted by Crippen LogP contribution is 2.28. The number of ether oxygens (including phenoxy) is 1. The van der Waals surface area contributed by atoms with Crippen molar-refractivity contribution in [2.24, 2.45) is 10.7 Å². The van der Waals surface area contributed by atoms with Crippen LogP contribution in [0.15, 0.2) is 53.9 Å². The van der Waals surface area contributed by atoms with Gasteiger partial charge in [0.05, 0.1) is 11.4 Å². The molecule has 3 heterocycles. The Balaban J connectivity index is 1.35. The third kappa shape index (κ3) is 6.38. The molecule has 0 saturated carbocycles. The van der Waals surface area contributed by atoms with Gasteiger partial charge in [-0.1, -0.05) is 30.7 Å². The number of aryl methyl sites for hydroxylation is 1. The van der Waals surface area contributed by atoms with Gasteiger partial charge in [-0.05, 0) is 75.7 Å². The molecule has 4 rings (SSSR count). The van der Waals surface area contributed by atoms with Gasteiger partial charge in [0, 0.05) is 50.3 Å². The lowest BCUT2D eigenvalue weighted by atomic mass is 9.97. The van der Waals surface area contributed by atoms with Crippen molar-refractivity contribution >= 4 is 23.2 Å². The summed E-state index contributed by atoms with van der Waals surface area (Å²) in [6, 6.07) is 13.5. The van der Waals surface area contributed by atoms with Crippen molar-refractivity contribution in [1.29, 1.82) is 0 Å². The zero-order valence-electron chi connectivity index (χ0n) is 21.8. The molecule has 0 aliphatic carbocycles. The Labute approximate surface area is 220 Å². The molecular weight excluding hydrogens is 472 g/mol. The topological polar surface area (TPSA) is 70.2 Å². The number of piperazine rings is 1. The van der Waals surface area contributed by atoms with E-state index >= 15 is 0 Å². The summed E-state index contributed by atoms with van der Waals surface area (Å²) in [5.74, 6) is 0.493. The number of nitrogens with zero attached hydrogens (tertiary/aromatic N) is 5. The number of pyridine rings is 1. The van der Waals surface area contributed by atoms with Crippen LogP contribution in [0.2, 0.25) is 5.02 Å². The fraction of sp³-hybridized carbons (Fsp3) is 0.500. The molecule has 36 heavy (non-hydrogen) atoms. The predicted molar refractivity (Wildman–Crippen MR) is 149 cm³/mol. The molecule has 194 valence electrons. The van der Waals surface area contributed by atoms with E-state index in [4.69, 9.17) is 27.1 Å². The van der Waals surface area contributed by atoms with Crippen molar-refractivity contribution in [3.05, 3.63) is 70.8 Å². The van der Waals surface area contributed by atoms with E-state index in [1.54, 1.807) is 7.05 Å². The predicted octanol–water partition coefficient (Wildman–Crippen LogP) is 4.43. The van der Waals surface area contributed by atoms with Crippen LogP contribution in [0.25, 0.3) is 0 Å². The first-order valence-corrected chi connectivity index (χ1v) is 13.3. The van der Waals surface area contributed by atoms with Crippen molar-refractivity contribution in [2.45, 2.75) is 51.7 Å². The molecule has 2 N–H and O–H groups in total. The highest BCUT2D eigenvalue weighted by molar-refractivity contribution is 6.30. The first-order chi connectivity index (χ1) is 17.4. The normalized spacial score (nSPS) is 20.5. The average Bonchev–Trinajstić information content (AvgIpc) is 2.88. The highest BCUT2D eigenvalue weighted by atomic mass is 35.5. The van der Waals surface area contributed by atoms with Crippen LogP contribution < -0.4 is 10.6 Å². The number of rotatable bonds is 7. The summed E-state index contributed by atoms with van der Waals surface area (Å²) in [6.07, 6.45) is 3.60.